The molecule has 2 heterocycles. The van der Waals surface area contributed by atoms with Crippen molar-refractivity contribution in [2.75, 3.05) is 20.2 Å². The van der Waals surface area contributed by atoms with E-state index in [0.29, 0.717) is 6.54 Å². The van der Waals surface area contributed by atoms with E-state index in [0.717, 1.165) is 0 Å². The van der Waals surface area contributed by atoms with Crippen molar-refractivity contribution in [2.45, 2.75) is 16.0 Å². The summed E-state index contributed by atoms with van der Waals surface area (Å²) in [6.45, 7) is 0.0197. The standard InChI is InChI=1S/C10H12Cl3N4O2.Y/c1-16-6-3-2-4-17(7(6)15-8(16)14)9(18)19-5-10(11,12)13;/h2-3,6-7H,4-5H2,1H3,(H-,14,15);/q-1;. The van der Waals surface area contributed by atoms with Gasteiger partial charge in [0.1, 0.15) is 6.61 Å². The zero-order chi connectivity index (χ0) is 14.2. The molecule has 2 atom stereocenters. The van der Waals surface area contributed by atoms with Crippen LogP contribution in [0.4, 0.5) is 4.79 Å². The number of halogens is 3. The van der Waals surface area contributed by atoms with Crippen LogP contribution in [-0.2, 0) is 37.4 Å². The van der Waals surface area contributed by atoms with Gasteiger partial charge in [-0.3, -0.25) is 4.90 Å². The minimum Gasteiger partial charge on any atom is -0.445 e. The van der Waals surface area contributed by atoms with E-state index in [2.05, 4.69) is 4.99 Å². The number of amides is 1. The van der Waals surface area contributed by atoms with E-state index in [9.17, 15) is 4.79 Å². The molecule has 0 aromatic heterocycles. The predicted octanol–water partition coefficient (Wildman–Crippen LogP) is 2.41. The van der Waals surface area contributed by atoms with Gasteiger partial charge in [0.2, 0.25) is 3.79 Å². The number of carbonyl (C=O) groups excluding carboxylic acids is 1. The van der Waals surface area contributed by atoms with Gasteiger partial charge in [0.15, 0.2) is 0 Å². The van der Waals surface area contributed by atoms with Crippen LogP contribution < -0.4 is 0 Å². The number of guanidine groups is 1. The van der Waals surface area contributed by atoms with Crippen molar-refractivity contribution < 1.29 is 42.2 Å². The molecular weight excluding hydrogens is 403 g/mol. The van der Waals surface area contributed by atoms with Gasteiger partial charge in [-0.2, -0.15) is 0 Å². The summed E-state index contributed by atoms with van der Waals surface area (Å²) in [5, 5.41) is 0. The molecule has 0 saturated heterocycles. The molecule has 1 radical (unpaired) electrons. The molecule has 2 aliphatic rings. The molecule has 0 aromatic carbocycles. The Labute approximate surface area is 157 Å². The molecule has 0 spiro atoms. The molecule has 0 aromatic rings. The Bertz CT molecular complexity index is 441. The van der Waals surface area contributed by atoms with Gasteiger partial charge in [0, 0.05) is 51.3 Å². The molecule has 0 fully saturated rings. The average Bonchev–Trinajstić information content (AvgIpc) is 2.62. The van der Waals surface area contributed by atoms with Gasteiger partial charge >= 0.3 is 6.09 Å². The smallest absolute Gasteiger partial charge is 0.410 e. The fourth-order valence-corrected chi connectivity index (χ4v) is 2.11. The molecule has 0 bridgehead atoms. The third-order valence-electron chi connectivity index (χ3n) is 2.89. The maximum atomic E-state index is 11.9. The van der Waals surface area contributed by atoms with E-state index < -0.39 is 16.1 Å². The molecule has 10 heteroatoms. The number of likely N-dealkylation sites (N-methyl/N-ethyl adjacent to an activating group) is 1. The topological polar surface area (TPSA) is 68.9 Å². The van der Waals surface area contributed by atoms with Gasteiger partial charge in [-0.05, 0) is 7.05 Å². The van der Waals surface area contributed by atoms with Gasteiger partial charge < -0.3 is 20.4 Å². The number of aliphatic imine (C=N–C) groups is 1. The van der Waals surface area contributed by atoms with Crippen molar-refractivity contribution >= 4 is 46.9 Å². The van der Waals surface area contributed by atoms with Gasteiger partial charge in [-0.15, -0.1) is 0 Å². The first-order valence-electron chi connectivity index (χ1n) is 5.48. The summed E-state index contributed by atoms with van der Waals surface area (Å²) >= 11 is 16.6. The molecule has 20 heavy (non-hydrogen) atoms. The predicted molar refractivity (Wildman–Crippen MR) is 74.6 cm³/mol. The zero-order valence-corrected chi connectivity index (χ0v) is 15.7. The Hall–Kier alpha value is 0.254. The summed E-state index contributed by atoms with van der Waals surface area (Å²) in [6, 6.07) is -0.151. The molecule has 0 saturated carbocycles. The third-order valence-corrected chi connectivity index (χ3v) is 3.22. The summed E-state index contributed by atoms with van der Waals surface area (Å²) in [5.41, 5.74) is 7.67. The van der Waals surface area contributed by atoms with Gasteiger partial charge in [-0.1, -0.05) is 47.0 Å². The van der Waals surface area contributed by atoms with Gasteiger partial charge in [0.05, 0.1) is 6.17 Å². The van der Waals surface area contributed by atoms with Crippen molar-refractivity contribution in [2.24, 2.45) is 4.99 Å². The second-order valence-electron chi connectivity index (χ2n) is 4.22. The first-order valence-corrected chi connectivity index (χ1v) is 6.62. The van der Waals surface area contributed by atoms with Crippen LogP contribution in [0.2, 0.25) is 0 Å². The van der Waals surface area contributed by atoms with Crippen LogP contribution in [0.5, 0.6) is 0 Å². The van der Waals surface area contributed by atoms with Crippen LogP contribution in [0.3, 0.4) is 0 Å². The van der Waals surface area contributed by atoms with Crippen LogP contribution >= 0.6 is 34.8 Å². The number of carbonyl (C=O) groups is 1. The first-order chi connectivity index (χ1) is 8.79. The number of rotatable bonds is 1. The quantitative estimate of drug-likeness (QED) is 0.488. The number of hydrogen-bond acceptors (Lipinski definition) is 4. The van der Waals surface area contributed by atoms with E-state index in [1.165, 1.54) is 4.90 Å². The maximum Gasteiger partial charge on any atom is 0.410 e. The van der Waals surface area contributed by atoms with Crippen LogP contribution in [0.15, 0.2) is 17.1 Å². The molecule has 1 N–H and O–H groups in total. The number of nitrogens with zero attached hydrogens (tertiary/aromatic N) is 3. The second kappa shape index (κ2) is 7.01. The summed E-state index contributed by atoms with van der Waals surface area (Å²) < 4.78 is 3.29. The number of fused-ring (bicyclic) bond motifs is 1. The summed E-state index contributed by atoms with van der Waals surface area (Å²) in [7, 11) is 1.75. The van der Waals surface area contributed by atoms with Crippen LogP contribution in [0.1, 0.15) is 0 Å². The molecule has 0 aliphatic carbocycles. The van der Waals surface area contributed by atoms with E-state index in [4.69, 9.17) is 45.3 Å². The minimum atomic E-state index is -1.64. The summed E-state index contributed by atoms with van der Waals surface area (Å²) in [6.07, 6.45) is 2.65. The SMILES string of the molecule is CN1C([NH-])=NC2C1C=CCN2C(=O)OCC(Cl)(Cl)Cl.[Y]. The summed E-state index contributed by atoms with van der Waals surface area (Å²) in [5.74, 6) is 0.126. The Morgan fingerprint density at radius 1 is 1.60 bits per heavy atom. The fourth-order valence-electron chi connectivity index (χ4n) is 1.95. The normalized spacial score (nSPS) is 24.9. The fraction of sp³-hybridized carbons (Fsp3) is 0.600. The number of hydrogen-bond donors (Lipinski definition) is 0. The summed E-state index contributed by atoms with van der Waals surface area (Å²) in [4.78, 5) is 19.1. The van der Waals surface area contributed by atoms with Crippen LogP contribution in [0.25, 0.3) is 5.73 Å². The third kappa shape index (κ3) is 4.13. The van der Waals surface area contributed by atoms with E-state index in [-0.39, 0.29) is 51.3 Å². The molecule has 1 amide bonds. The van der Waals surface area contributed by atoms with Crippen LogP contribution in [0, 0.1) is 0 Å². The molecular formula is C10H12Cl3N4O2Y-. The van der Waals surface area contributed by atoms with Crippen molar-refractivity contribution in [3.05, 3.63) is 17.9 Å². The molecule has 6 nitrogen and oxygen atoms in total. The van der Waals surface area contributed by atoms with Gasteiger partial charge in [-0.25, -0.2) is 4.79 Å². The van der Waals surface area contributed by atoms with Crippen molar-refractivity contribution in [1.82, 2.24) is 9.80 Å². The first kappa shape index (κ1) is 18.3. The van der Waals surface area contributed by atoms with E-state index in [1.807, 2.05) is 12.2 Å². The number of nitrogens with one attached hydrogen (secondary N) is 1. The Morgan fingerprint density at radius 3 is 2.85 bits per heavy atom. The Morgan fingerprint density at radius 2 is 2.25 bits per heavy atom. The van der Waals surface area contributed by atoms with Crippen molar-refractivity contribution in [3.63, 3.8) is 0 Å². The Kier molecular flexibility index (Phi) is 6.41. The monoisotopic (exact) mass is 414 g/mol. The van der Waals surface area contributed by atoms with Crippen molar-refractivity contribution in [3.8, 4) is 0 Å². The molecule has 2 aliphatic heterocycles. The molecule has 2 rings (SSSR count). The second-order valence-corrected chi connectivity index (χ2v) is 6.73. The molecule has 109 valence electrons. The van der Waals surface area contributed by atoms with Crippen molar-refractivity contribution in [1.29, 1.82) is 0 Å². The minimum absolute atomic E-state index is 0. The zero-order valence-electron chi connectivity index (χ0n) is 10.6. The average molecular weight is 415 g/mol. The largest absolute Gasteiger partial charge is 0.445 e. The number of ether oxygens (including phenoxy) is 1. The molecule has 2 unspecified atom stereocenters. The van der Waals surface area contributed by atoms with Gasteiger partial charge in [0.25, 0.3) is 0 Å². The number of alkyl halides is 3. The Balaban J connectivity index is 0.00000200. The van der Waals surface area contributed by atoms with Crippen LogP contribution in [-0.4, -0.2) is 58.1 Å². The maximum absolute atomic E-state index is 11.9. The van der Waals surface area contributed by atoms with E-state index >= 15 is 0 Å². The van der Waals surface area contributed by atoms with E-state index in [1.54, 1.807) is 11.9 Å².